The molecule has 0 spiro atoms. The number of benzene rings is 1. The van der Waals surface area contributed by atoms with E-state index in [4.69, 9.17) is 0 Å². The molecule has 3 nitrogen and oxygen atoms in total. The van der Waals surface area contributed by atoms with E-state index in [1.165, 1.54) is 6.07 Å². The van der Waals surface area contributed by atoms with Crippen molar-refractivity contribution in [3.05, 3.63) is 32.8 Å². The van der Waals surface area contributed by atoms with Gasteiger partial charge in [0.25, 0.3) is 5.56 Å². The zero-order chi connectivity index (χ0) is 8.72. The molecule has 0 unspecified atom stereocenters. The Labute approximate surface area is 74.7 Å². The van der Waals surface area contributed by atoms with Crippen LogP contribution in [0, 0.1) is 5.82 Å². The first kappa shape index (κ1) is 7.54. The molecular formula is C7H4BrFN2O. The van der Waals surface area contributed by atoms with E-state index in [0.717, 1.165) is 0 Å². The average molecular weight is 231 g/mol. The Bertz CT molecular complexity index is 488. The molecule has 1 heterocycles. The number of aromatic amines is 2. The smallest absolute Gasteiger partial charge is 0.274 e. The van der Waals surface area contributed by atoms with Gasteiger partial charge in [0, 0.05) is 4.47 Å². The van der Waals surface area contributed by atoms with Crippen LogP contribution in [0.25, 0.3) is 10.9 Å². The molecule has 5 heteroatoms. The van der Waals surface area contributed by atoms with Crippen molar-refractivity contribution in [2.45, 2.75) is 0 Å². The molecule has 0 atom stereocenters. The molecule has 0 fully saturated rings. The van der Waals surface area contributed by atoms with Crippen molar-refractivity contribution in [3.8, 4) is 0 Å². The number of hydrogen-bond acceptors (Lipinski definition) is 1. The van der Waals surface area contributed by atoms with Crippen LogP contribution in [0.3, 0.4) is 0 Å². The Balaban J connectivity index is 3.09. The van der Waals surface area contributed by atoms with Crippen molar-refractivity contribution >= 4 is 26.8 Å². The van der Waals surface area contributed by atoms with Crippen LogP contribution in [-0.2, 0) is 0 Å². The molecule has 0 aliphatic carbocycles. The molecule has 0 amide bonds. The Morgan fingerprint density at radius 3 is 2.75 bits per heavy atom. The fourth-order valence-corrected chi connectivity index (χ4v) is 1.51. The van der Waals surface area contributed by atoms with Crippen molar-refractivity contribution in [2.24, 2.45) is 0 Å². The Kier molecular flexibility index (Phi) is 1.54. The number of halogens is 2. The molecule has 0 saturated heterocycles. The van der Waals surface area contributed by atoms with E-state index < -0.39 is 11.4 Å². The summed E-state index contributed by atoms with van der Waals surface area (Å²) in [6, 6.07) is 2.79. The summed E-state index contributed by atoms with van der Waals surface area (Å²) >= 11 is 3.19. The Hall–Kier alpha value is -1.10. The number of hydrogen-bond donors (Lipinski definition) is 2. The Morgan fingerprint density at radius 2 is 2.08 bits per heavy atom. The molecule has 62 valence electrons. The molecule has 0 aliphatic heterocycles. The van der Waals surface area contributed by atoms with Crippen LogP contribution in [0.15, 0.2) is 21.4 Å². The van der Waals surface area contributed by atoms with Crippen LogP contribution >= 0.6 is 15.9 Å². The molecule has 12 heavy (non-hydrogen) atoms. The molecule has 1 aromatic carbocycles. The summed E-state index contributed by atoms with van der Waals surface area (Å²) < 4.78 is 13.7. The van der Waals surface area contributed by atoms with E-state index in [2.05, 4.69) is 26.1 Å². The van der Waals surface area contributed by atoms with Gasteiger partial charge in [-0.05, 0) is 28.1 Å². The van der Waals surface area contributed by atoms with Gasteiger partial charge in [-0.15, -0.1) is 0 Å². The minimum atomic E-state index is -0.518. The summed E-state index contributed by atoms with van der Waals surface area (Å²) in [6.45, 7) is 0. The van der Waals surface area contributed by atoms with E-state index in [1.807, 2.05) is 0 Å². The second-order valence-corrected chi connectivity index (χ2v) is 3.21. The molecule has 2 N–H and O–H groups in total. The van der Waals surface area contributed by atoms with Crippen LogP contribution in [0.4, 0.5) is 4.39 Å². The van der Waals surface area contributed by atoms with Gasteiger partial charge in [-0.2, -0.15) is 0 Å². The monoisotopic (exact) mass is 230 g/mol. The third kappa shape index (κ3) is 0.896. The summed E-state index contributed by atoms with van der Waals surface area (Å²) in [7, 11) is 0. The van der Waals surface area contributed by atoms with Crippen molar-refractivity contribution in [1.29, 1.82) is 0 Å². The standard InChI is InChI=1S/C7H4BrFN2O/c8-3-1-2-4(9)5-6(3)10-11-7(5)12/h1-2H,(H2,10,11,12). The second-order valence-electron chi connectivity index (χ2n) is 2.36. The van der Waals surface area contributed by atoms with E-state index in [9.17, 15) is 9.18 Å². The van der Waals surface area contributed by atoms with Gasteiger partial charge in [0.2, 0.25) is 0 Å². The van der Waals surface area contributed by atoms with Crippen molar-refractivity contribution in [2.75, 3.05) is 0 Å². The van der Waals surface area contributed by atoms with Gasteiger partial charge in [-0.3, -0.25) is 15.0 Å². The number of H-pyrrole nitrogens is 2. The largest absolute Gasteiger partial charge is 0.296 e. The first-order chi connectivity index (χ1) is 5.70. The van der Waals surface area contributed by atoms with Crippen LogP contribution in [0.1, 0.15) is 0 Å². The first-order valence-corrected chi connectivity index (χ1v) is 4.04. The zero-order valence-corrected chi connectivity index (χ0v) is 7.40. The maximum Gasteiger partial charge on any atom is 0.274 e. The predicted octanol–water partition coefficient (Wildman–Crippen LogP) is 1.76. The van der Waals surface area contributed by atoms with Gasteiger partial charge >= 0.3 is 0 Å². The van der Waals surface area contributed by atoms with Gasteiger partial charge in [-0.25, -0.2) is 4.39 Å². The fourth-order valence-electron chi connectivity index (χ4n) is 1.08. The van der Waals surface area contributed by atoms with Crippen LogP contribution < -0.4 is 5.56 Å². The summed E-state index contributed by atoms with van der Waals surface area (Å²) in [6.07, 6.45) is 0. The molecule has 0 saturated carbocycles. The first-order valence-electron chi connectivity index (χ1n) is 3.24. The zero-order valence-electron chi connectivity index (χ0n) is 5.82. The van der Waals surface area contributed by atoms with Gasteiger partial charge in [0.1, 0.15) is 11.2 Å². The number of fused-ring (bicyclic) bond motifs is 1. The van der Waals surface area contributed by atoms with Crippen LogP contribution in [0.2, 0.25) is 0 Å². The number of nitrogens with one attached hydrogen (secondary N) is 2. The fraction of sp³-hybridized carbons (Fsp3) is 0. The lowest BCUT2D eigenvalue weighted by atomic mass is 10.2. The highest BCUT2D eigenvalue weighted by Gasteiger charge is 2.08. The Morgan fingerprint density at radius 1 is 1.33 bits per heavy atom. The van der Waals surface area contributed by atoms with Crippen LogP contribution in [0.5, 0.6) is 0 Å². The maximum atomic E-state index is 13.0. The lowest BCUT2D eigenvalue weighted by molar-refractivity contribution is 0.639. The number of rotatable bonds is 0. The molecule has 2 aromatic rings. The third-order valence-corrected chi connectivity index (χ3v) is 2.29. The van der Waals surface area contributed by atoms with E-state index in [-0.39, 0.29) is 5.39 Å². The molecule has 0 aliphatic rings. The minimum Gasteiger partial charge on any atom is -0.296 e. The highest BCUT2D eigenvalue weighted by atomic mass is 79.9. The van der Waals surface area contributed by atoms with Gasteiger partial charge in [-0.1, -0.05) is 0 Å². The van der Waals surface area contributed by atoms with Gasteiger partial charge < -0.3 is 0 Å². The van der Waals surface area contributed by atoms with Crippen molar-refractivity contribution < 1.29 is 4.39 Å². The molecular weight excluding hydrogens is 227 g/mol. The van der Waals surface area contributed by atoms with E-state index in [1.54, 1.807) is 6.07 Å². The summed E-state index contributed by atoms with van der Waals surface area (Å²) in [5.41, 5.74) is 0.0174. The summed E-state index contributed by atoms with van der Waals surface area (Å²) in [5, 5.41) is 4.94. The summed E-state index contributed by atoms with van der Waals surface area (Å²) in [5.74, 6) is -0.518. The quantitative estimate of drug-likeness (QED) is 0.712. The lowest BCUT2D eigenvalue weighted by Gasteiger charge is -1.92. The van der Waals surface area contributed by atoms with Crippen molar-refractivity contribution in [3.63, 3.8) is 0 Å². The third-order valence-electron chi connectivity index (χ3n) is 1.63. The maximum absolute atomic E-state index is 13.0. The average Bonchev–Trinajstić information content (AvgIpc) is 2.42. The summed E-state index contributed by atoms with van der Waals surface area (Å²) in [4.78, 5) is 11.0. The van der Waals surface area contributed by atoms with Gasteiger partial charge in [0.05, 0.1) is 5.52 Å². The molecule has 1 aromatic heterocycles. The van der Waals surface area contributed by atoms with Crippen molar-refractivity contribution in [1.82, 2.24) is 10.2 Å². The lowest BCUT2D eigenvalue weighted by Crippen LogP contribution is -1.99. The van der Waals surface area contributed by atoms with E-state index in [0.29, 0.717) is 9.99 Å². The SMILES string of the molecule is O=c1[nH][nH]c2c(Br)ccc(F)c12. The topological polar surface area (TPSA) is 48.6 Å². The van der Waals surface area contributed by atoms with Gasteiger partial charge in [0.15, 0.2) is 0 Å². The minimum absolute atomic E-state index is 0.0596. The predicted molar refractivity (Wildman–Crippen MR) is 46.6 cm³/mol. The highest BCUT2D eigenvalue weighted by Crippen LogP contribution is 2.20. The number of aromatic nitrogens is 2. The van der Waals surface area contributed by atoms with E-state index >= 15 is 0 Å². The molecule has 2 rings (SSSR count). The van der Waals surface area contributed by atoms with Crippen LogP contribution in [-0.4, -0.2) is 10.2 Å². The molecule has 0 bridgehead atoms. The normalized spacial score (nSPS) is 10.8. The molecule has 0 radical (unpaired) electrons. The highest BCUT2D eigenvalue weighted by molar-refractivity contribution is 9.10. The second kappa shape index (κ2) is 2.45.